The highest BCUT2D eigenvalue weighted by atomic mass is 32.2. The van der Waals surface area contributed by atoms with Crippen molar-refractivity contribution in [3.63, 3.8) is 0 Å². The maximum absolute atomic E-state index is 13.0. The third-order valence-electron chi connectivity index (χ3n) is 4.13. The Kier molecular flexibility index (Phi) is 5.05. The summed E-state index contributed by atoms with van der Waals surface area (Å²) in [5.41, 5.74) is 1.26. The van der Waals surface area contributed by atoms with Crippen molar-refractivity contribution in [1.29, 1.82) is 0 Å². The van der Waals surface area contributed by atoms with Gasteiger partial charge in [0.15, 0.2) is 11.5 Å². The summed E-state index contributed by atoms with van der Waals surface area (Å²) in [6.45, 7) is 0. The van der Waals surface area contributed by atoms with Gasteiger partial charge in [-0.15, -0.1) is 0 Å². The van der Waals surface area contributed by atoms with Gasteiger partial charge in [-0.05, 0) is 30.3 Å². The van der Waals surface area contributed by atoms with Gasteiger partial charge in [-0.2, -0.15) is 8.42 Å². The van der Waals surface area contributed by atoms with E-state index in [4.69, 9.17) is 8.92 Å². The van der Waals surface area contributed by atoms with Gasteiger partial charge >= 0.3 is 10.1 Å². The third kappa shape index (κ3) is 3.59. The molecule has 0 saturated heterocycles. The first-order chi connectivity index (χ1) is 12.9. The van der Waals surface area contributed by atoms with E-state index in [2.05, 4.69) is 0 Å². The lowest BCUT2D eigenvalue weighted by Gasteiger charge is -2.17. The van der Waals surface area contributed by atoms with Gasteiger partial charge in [0.05, 0.1) is 7.11 Å². The van der Waals surface area contributed by atoms with Gasteiger partial charge in [-0.1, -0.05) is 24.3 Å². The summed E-state index contributed by atoms with van der Waals surface area (Å²) in [5.74, 6) is 0.182. The lowest BCUT2D eigenvalue weighted by molar-refractivity contribution is 0.112. The van der Waals surface area contributed by atoms with Crippen molar-refractivity contribution in [1.82, 2.24) is 0 Å². The second-order valence-electron chi connectivity index (χ2n) is 6.09. The van der Waals surface area contributed by atoms with Gasteiger partial charge in [0.2, 0.25) is 0 Å². The van der Waals surface area contributed by atoms with E-state index < -0.39 is 10.1 Å². The van der Waals surface area contributed by atoms with E-state index in [0.717, 1.165) is 11.1 Å². The monoisotopic (exact) mass is 385 g/mol. The van der Waals surface area contributed by atoms with Crippen LogP contribution in [0.1, 0.15) is 10.4 Å². The molecule has 6 nitrogen and oxygen atoms in total. The number of carbonyl (C=O) groups is 1. The molecule has 0 atom stereocenters. The van der Waals surface area contributed by atoms with Crippen LogP contribution in [0.5, 0.6) is 11.5 Å². The van der Waals surface area contributed by atoms with Crippen molar-refractivity contribution in [2.75, 3.05) is 26.1 Å². The van der Waals surface area contributed by atoms with Crippen LogP contribution in [0.2, 0.25) is 0 Å². The molecule has 0 N–H and O–H groups in total. The van der Waals surface area contributed by atoms with Crippen molar-refractivity contribution in [3.8, 4) is 11.5 Å². The Morgan fingerprint density at radius 1 is 0.926 bits per heavy atom. The Hall–Kier alpha value is -3.06. The quantitative estimate of drug-likeness (QED) is 0.478. The van der Waals surface area contributed by atoms with Crippen LogP contribution in [-0.2, 0) is 10.1 Å². The summed E-state index contributed by atoms with van der Waals surface area (Å²) in [6.07, 6.45) is 0.647. The standard InChI is InChI=1S/C20H19NO5S/c1-21(2)17-8-4-7-16-15(17)6-5-9-20(16)27(23,24)26-18-11-10-14(13-22)12-19(18)25-3/h4-13H,1-3H3. The SMILES string of the molecule is COc1cc(C=O)ccc1OS(=O)(=O)c1cccc2c(N(C)C)cccc12. The number of anilines is 1. The first-order valence-corrected chi connectivity index (χ1v) is 9.55. The van der Waals surface area contributed by atoms with Crippen molar-refractivity contribution in [2.24, 2.45) is 0 Å². The second-order valence-corrected chi connectivity index (χ2v) is 7.60. The summed E-state index contributed by atoms with van der Waals surface area (Å²) >= 11 is 0. The van der Waals surface area contributed by atoms with E-state index in [-0.39, 0.29) is 16.4 Å². The largest absolute Gasteiger partial charge is 0.493 e. The Balaban J connectivity index is 2.11. The number of hydrogen-bond acceptors (Lipinski definition) is 6. The van der Waals surface area contributed by atoms with Crippen LogP contribution in [0.4, 0.5) is 5.69 Å². The molecule has 27 heavy (non-hydrogen) atoms. The highest BCUT2D eigenvalue weighted by molar-refractivity contribution is 7.87. The molecule has 0 unspecified atom stereocenters. The van der Waals surface area contributed by atoms with Crippen LogP contribution in [-0.4, -0.2) is 35.9 Å². The molecule has 0 aromatic heterocycles. The van der Waals surface area contributed by atoms with Crippen LogP contribution in [0.3, 0.4) is 0 Å². The molecule has 0 fully saturated rings. The molecule has 0 saturated carbocycles. The molecule has 3 aromatic rings. The molecular formula is C20H19NO5S. The highest BCUT2D eigenvalue weighted by Crippen LogP contribution is 2.34. The fourth-order valence-corrected chi connectivity index (χ4v) is 4.02. The molecule has 3 rings (SSSR count). The van der Waals surface area contributed by atoms with Crippen LogP contribution >= 0.6 is 0 Å². The molecule has 140 valence electrons. The van der Waals surface area contributed by atoms with E-state index >= 15 is 0 Å². The second kappa shape index (κ2) is 7.28. The Morgan fingerprint density at radius 2 is 1.63 bits per heavy atom. The molecule has 0 bridgehead atoms. The van der Waals surface area contributed by atoms with E-state index in [1.807, 2.05) is 31.1 Å². The molecule has 0 radical (unpaired) electrons. The number of hydrogen-bond donors (Lipinski definition) is 0. The first-order valence-electron chi connectivity index (χ1n) is 8.14. The smallest absolute Gasteiger partial charge is 0.339 e. The Labute approximate surface area is 158 Å². The van der Waals surface area contributed by atoms with Gasteiger partial charge in [-0.25, -0.2) is 0 Å². The number of nitrogens with zero attached hydrogens (tertiary/aromatic N) is 1. The van der Waals surface area contributed by atoms with Crippen molar-refractivity contribution < 1.29 is 22.1 Å². The molecular weight excluding hydrogens is 366 g/mol. The molecule has 0 heterocycles. The number of benzene rings is 3. The topological polar surface area (TPSA) is 72.9 Å². The number of aldehydes is 1. The fraction of sp³-hybridized carbons (Fsp3) is 0.150. The Morgan fingerprint density at radius 3 is 2.30 bits per heavy atom. The number of carbonyl (C=O) groups excluding carboxylic acids is 1. The maximum atomic E-state index is 13.0. The highest BCUT2D eigenvalue weighted by Gasteiger charge is 2.22. The van der Waals surface area contributed by atoms with Crippen LogP contribution < -0.4 is 13.8 Å². The lowest BCUT2D eigenvalue weighted by atomic mass is 10.1. The van der Waals surface area contributed by atoms with Crippen molar-refractivity contribution in [2.45, 2.75) is 4.90 Å². The average molecular weight is 385 g/mol. The molecule has 0 amide bonds. The van der Waals surface area contributed by atoms with Crippen molar-refractivity contribution in [3.05, 3.63) is 60.2 Å². The van der Waals surface area contributed by atoms with Gasteiger partial charge in [0, 0.05) is 36.1 Å². The summed E-state index contributed by atoms with van der Waals surface area (Å²) in [4.78, 5) is 12.9. The predicted molar refractivity (Wildman–Crippen MR) is 104 cm³/mol. The van der Waals surface area contributed by atoms with Crippen molar-refractivity contribution >= 4 is 32.9 Å². The zero-order valence-corrected chi connectivity index (χ0v) is 16.0. The minimum Gasteiger partial charge on any atom is -0.493 e. The van der Waals surface area contributed by atoms with E-state index in [0.29, 0.717) is 17.2 Å². The summed E-state index contributed by atoms with van der Waals surface area (Å²) in [5, 5.41) is 1.36. The zero-order chi connectivity index (χ0) is 19.6. The molecule has 7 heteroatoms. The predicted octanol–water partition coefficient (Wildman–Crippen LogP) is 3.49. The summed E-state index contributed by atoms with van der Waals surface area (Å²) in [7, 11) is 1.05. The molecule has 0 aliphatic heterocycles. The van der Waals surface area contributed by atoms with E-state index in [1.165, 1.54) is 31.4 Å². The average Bonchev–Trinajstić information content (AvgIpc) is 2.66. The van der Waals surface area contributed by atoms with Gasteiger partial charge < -0.3 is 13.8 Å². The third-order valence-corrected chi connectivity index (χ3v) is 5.43. The van der Waals surface area contributed by atoms with Gasteiger partial charge in [0.1, 0.15) is 11.2 Å². The molecule has 0 aliphatic rings. The normalized spacial score (nSPS) is 11.2. The Bertz CT molecular complexity index is 1110. The molecule has 0 spiro atoms. The minimum atomic E-state index is -4.12. The van der Waals surface area contributed by atoms with Gasteiger partial charge in [0.25, 0.3) is 0 Å². The number of fused-ring (bicyclic) bond motifs is 1. The maximum Gasteiger partial charge on any atom is 0.339 e. The summed E-state index contributed by atoms with van der Waals surface area (Å²) in [6, 6.07) is 14.8. The molecule has 0 aliphatic carbocycles. The number of ether oxygens (including phenoxy) is 1. The van der Waals surface area contributed by atoms with Crippen LogP contribution in [0.25, 0.3) is 10.8 Å². The fourth-order valence-electron chi connectivity index (χ4n) is 2.86. The first kappa shape index (κ1) is 18.7. The van der Waals surface area contributed by atoms with E-state index in [9.17, 15) is 13.2 Å². The minimum absolute atomic E-state index is 0.0175. The van der Waals surface area contributed by atoms with Crippen LogP contribution in [0, 0.1) is 0 Å². The summed E-state index contributed by atoms with van der Waals surface area (Å²) < 4.78 is 36.4. The number of rotatable bonds is 6. The van der Waals surface area contributed by atoms with E-state index in [1.54, 1.807) is 18.2 Å². The zero-order valence-electron chi connectivity index (χ0n) is 15.2. The molecule has 3 aromatic carbocycles. The van der Waals surface area contributed by atoms with Gasteiger partial charge in [-0.3, -0.25) is 4.79 Å². The van der Waals surface area contributed by atoms with Crippen LogP contribution in [0.15, 0.2) is 59.5 Å². The number of methoxy groups -OCH3 is 1. The lowest BCUT2D eigenvalue weighted by Crippen LogP contribution is -2.12.